The van der Waals surface area contributed by atoms with Crippen LogP contribution in [0, 0.1) is 0 Å². The first-order chi connectivity index (χ1) is 16.6. The first-order valence-corrected chi connectivity index (χ1v) is 12.2. The van der Waals surface area contributed by atoms with Gasteiger partial charge in [0.25, 0.3) is 5.78 Å². The Bertz CT molecular complexity index is 1360. The second-order valence-corrected chi connectivity index (χ2v) is 9.62. The van der Waals surface area contributed by atoms with Gasteiger partial charge < -0.3 is 5.11 Å². The number of aliphatic hydroxyl groups is 1. The van der Waals surface area contributed by atoms with Crippen molar-refractivity contribution in [3.8, 4) is 0 Å². The summed E-state index contributed by atoms with van der Waals surface area (Å²) < 4.78 is 0.675. The Hall–Kier alpha value is -3.82. The van der Waals surface area contributed by atoms with Gasteiger partial charge in [-0.15, -0.1) is 10.2 Å². The fraction of sp³-hybridized carbons (Fsp3) is 0.0800. The predicted octanol–water partition coefficient (Wildman–Crippen LogP) is 4.85. The van der Waals surface area contributed by atoms with E-state index in [4.69, 9.17) is 0 Å². The number of hydrogen-bond donors (Lipinski definition) is 1. The van der Waals surface area contributed by atoms with Gasteiger partial charge in [-0.3, -0.25) is 19.5 Å². The molecule has 1 amide bonds. The summed E-state index contributed by atoms with van der Waals surface area (Å²) >= 11 is 2.74. The highest BCUT2D eigenvalue weighted by atomic mass is 32.2. The summed E-state index contributed by atoms with van der Waals surface area (Å²) in [7, 11) is 0. The molecule has 2 aromatic heterocycles. The lowest BCUT2D eigenvalue weighted by Gasteiger charge is -2.22. The number of amides is 1. The molecule has 168 valence electrons. The van der Waals surface area contributed by atoms with E-state index in [0.29, 0.717) is 26.4 Å². The van der Waals surface area contributed by atoms with Crippen LogP contribution in [0.25, 0.3) is 5.76 Å². The molecule has 0 spiro atoms. The maximum absolute atomic E-state index is 13.2. The maximum atomic E-state index is 13.2. The number of nitrogens with zero attached hydrogens (tertiary/aromatic N) is 4. The Balaban J connectivity index is 1.53. The summed E-state index contributed by atoms with van der Waals surface area (Å²) in [4.78, 5) is 31.7. The van der Waals surface area contributed by atoms with Crippen LogP contribution >= 0.6 is 23.1 Å². The molecule has 34 heavy (non-hydrogen) atoms. The van der Waals surface area contributed by atoms with Crippen molar-refractivity contribution in [2.24, 2.45) is 0 Å². The number of aliphatic hydroxyl groups excluding tert-OH is 1. The Morgan fingerprint density at radius 1 is 0.971 bits per heavy atom. The molecule has 1 unspecified atom stereocenters. The number of Topliss-reactive ketones (excluding diaryl/α,β-unsaturated/α-hetero) is 1. The molecule has 0 aliphatic carbocycles. The average molecular weight is 487 g/mol. The first kappa shape index (κ1) is 22.0. The van der Waals surface area contributed by atoms with Crippen LogP contribution in [-0.4, -0.2) is 32.0 Å². The lowest BCUT2D eigenvalue weighted by molar-refractivity contribution is -0.132. The van der Waals surface area contributed by atoms with E-state index in [1.807, 2.05) is 36.4 Å². The lowest BCUT2D eigenvalue weighted by Crippen LogP contribution is -2.29. The van der Waals surface area contributed by atoms with Gasteiger partial charge in [0, 0.05) is 23.7 Å². The zero-order chi connectivity index (χ0) is 23.5. The molecular weight excluding hydrogens is 468 g/mol. The van der Waals surface area contributed by atoms with Crippen molar-refractivity contribution in [2.45, 2.75) is 16.1 Å². The summed E-state index contributed by atoms with van der Waals surface area (Å²) in [6, 6.07) is 21.3. The van der Waals surface area contributed by atoms with Crippen molar-refractivity contribution in [3.63, 3.8) is 0 Å². The molecule has 1 fully saturated rings. The molecule has 1 N–H and O–H groups in total. The zero-order valence-corrected chi connectivity index (χ0v) is 19.4. The van der Waals surface area contributed by atoms with Gasteiger partial charge in [-0.05, 0) is 17.2 Å². The van der Waals surface area contributed by atoms with Crippen LogP contribution in [0.2, 0.25) is 0 Å². The highest BCUT2D eigenvalue weighted by molar-refractivity contribution is 8.00. The second-order valence-electron chi connectivity index (χ2n) is 7.45. The molecule has 5 rings (SSSR count). The zero-order valence-electron chi connectivity index (χ0n) is 17.7. The monoisotopic (exact) mass is 486 g/mol. The molecular formula is C25H18N4O3S2. The van der Waals surface area contributed by atoms with E-state index in [1.165, 1.54) is 28.0 Å². The van der Waals surface area contributed by atoms with Crippen LogP contribution in [0.3, 0.4) is 0 Å². The predicted molar refractivity (Wildman–Crippen MR) is 131 cm³/mol. The van der Waals surface area contributed by atoms with E-state index < -0.39 is 17.7 Å². The van der Waals surface area contributed by atoms with Gasteiger partial charge in [0.1, 0.15) is 5.76 Å². The number of carbonyl (C=O) groups is 2. The standard InChI is InChI=1S/C25H18N4O3S2/c30-21(17-10-5-2-6-11-17)19-20(18-12-7-13-26-14-18)29(23(32)22(19)31)24-27-28-25(34-24)33-15-16-8-3-1-4-9-16/h1-14,20,30H,15H2. The van der Waals surface area contributed by atoms with Crippen LogP contribution in [0.5, 0.6) is 0 Å². The number of thioether (sulfide) groups is 1. The molecule has 1 aliphatic heterocycles. The third-order valence-electron chi connectivity index (χ3n) is 5.30. The van der Waals surface area contributed by atoms with Crippen molar-refractivity contribution in [3.05, 3.63) is 107 Å². The van der Waals surface area contributed by atoms with E-state index in [0.717, 1.165) is 5.56 Å². The van der Waals surface area contributed by atoms with Gasteiger partial charge in [-0.25, -0.2) is 0 Å². The Kier molecular flexibility index (Phi) is 6.20. The Morgan fingerprint density at radius 3 is 2.41 bits per heavy atom. The SMILES string of the molecule is O=C1C(=O)N(c2nnc(SCc3ccccc3)s2)C(c2cccnc2)C1=C(O)c1ccccc1. The van der Waals surface area contributed by atoms with Crippen molar-refractivity contribution < 1.29 is 14.7 Å². The number of rotatable bonds is 6. The number of anilines is 1. The minimum Gasteiger partial charge on any atom is -0.507 e. The molecule has 9 heteroatoms. The number of pyridine rings is 1. The third-order valence-corrected chi connectivity index (χ3v) is 7.43. The molecule has 1 saturated heterocycles. The molecule has 0 saturated carbocycles. The average Bonchev–Trinajstić information content (AvgIpc) is 3.46. The normalized spacial score (nSPS) is 17.3. The Morgan fingerprint density at radius 2 is 1.71 bits per heavy atom. The van der Waals surface area contributed by atoms with Gasteiger partial charge in [0.2, 0.25) is 5.13 Å². The van der Waals surface area contributed by atoms with Crippen molar-refractivity contribution in [2.75, 3.05) is 4.90 Å². The number of benzene rings is 2. The minimum absolute atomic E-state index is 0.00195. The van der Waals surface area contributed by atoms with Crippen LogP contribution in [0.1, 0.15) is 22.7 Å². The molecule has 2 aromatic carbocycles. The van der Waals surface area contributed by atoms with E-state index in [1.54, 1.807) is 48.8 Å². The molecule has 1 aliphatic rings. The second kappa shape index (κ2) is 9.58. The third kappa shape index (κ3) is 4.23. The van der Waals surface area contributed by atoms with Gasteiger partial charge >= 0.3 is 5.91 Å². The van der Waals surface area contributed by atoms with Crippen molar-refractivity contribution >= 4 is 45.7 Å². The summed E-state index contributed by atoms with van der Waals surface area (Å²) in [5.41, 5.74) is 2.18. The van der Waals surface area contributed by atoms with E-state index in [9.17, 15) is 14.7 Å². The van der Waals surface area contributed by atoms with Crippen molar-refractivity contribution in [1.29, 1.82) is 0 Å². The molecule has 4 aromatic rings. The highest BCUT2D eigenvalue weighted by Crippen LogP contribution is 2.43. The molecule has 0 radical (unpaired) electrons. The van der Waals surface area contributed by atoms with E-state index in [2.05, 4.69) is 15.2 Å². The molecule has 1 atom stereocenters. The number of carbonyl (C=O) groups excluding carboxylic acids is 2. The van der Waals surface area contributed by atoms with Crippen LogP contribution in [0.15, 0.2) is 95.1 Å². The minimum atomic E-state index is -0.867. The Labute approximate surface area is 203 Å². The van der Waals surface area contributed by atoms with Gasteiger partial charge in [0.15, 0.2) is 4.34 Å². The van der Waals surface area contributed by atoms with Crippen LogP contribution < -0.4 is 4.90 Å². The molecule has 3 heterocycles. The lowest BCUT2D eigenvalue weighted by atomic mass is 9.96. The topological polar surface area (TPSA) is 96.3 Å². The van der Waals surface area contributed by atoms with Gasteiger partial charge in [-0.1, -0.05) is 89.8 Å². The van der Waals surface area contributed by atoms with Crippen LogP contribution in [0.4, 0.5) is 5.13 Å². The molecule has 0 bridgehead atoms. The molecule has 7 nitrogen and oxygen atoms in total. The maximum Gasteiger partial charge on any atom is 0.301 e. The van der Waals surface area contributed by atoms with Gasteiger partial charge in [-0.2, -0.15) is 0 Å². The van der Waals surface area contributed by atoms with Gasteiger partial charge in [0.05, 0.1) is 11.6 Å². The summed E-state index contributed by atoms with van der Waals surface area (Å²) in [6.07, 6.45) is 3.18. The fourth-order valence-corrected chi connectivity index (χ4v) is 5.54. The van der Waals surface area contributed by atoms with E-state index >= 15 is 0 Å². The largest absolute Gasteiger partial charge is 0.507 e. The van der Waals surface area contributed by atoms with Crippen LogP contribution in [-0.2, 0) is 15.3 Å². The number of aromatic nitrogens is 3. The summed E-state index contributed by atoms with van der Waals surface area (Å²) in [6.45, 7) is 0. The highest BCUT2D eigenvalue weighted by Gasteiger charge is 2.48. The fourth-order valence-electron chi connectivity index (χ4n) is 3.71. The number of hydrogen-bond acceptors (Lipinski definition) is 8. The van der Waals surface area contributed by atoms with E-state index in [-0.39, 0.29) is 11.3 Å². The first-order valence-electron chi connectivity index (χ1n) is 10.4. The summed E-state index contributed by atoms with van der Waals surface area (Å²) in [5, 5.41) is 19.8. The quantitative estimate of drug-likeness (QED) is 0.137. The van der Waals surface area contributed by atoms with Crippen molar-refractivity contribution in [1.82, 2.24) is 15.2 Å². The summed E-state index contributed by atoms with van der Waals surface area (Å²) in [5.74, 6) is -1.07. The smallest absolute Gasteiger partial charge is 0.301 e. The number of ketones is 1.